The summed E-state index contributed by atoms with van der Waals surface area (Å²) in [7, 11) is 0. The monoisotopic (exact) mass is 366 g/mol. The van der Waals surface area contributed by atoms with E-state index in [1.807, 2.05) is 31.2 Å². The van der Waals surface area contributed by atoms with Crippen LogP contribution in [0.2, 0.25) is 0 Å². The summed E-state index contributed by atoms with van der Waals surface area (Å²) in [5, 5.41) is 6.83. The number of hydrogen-bond donors (Lipinski definition) is 1. The zero-order valence-electron chi connectivity index (χ0n) is 15.4. The van der Waals surface area contributed by atoms with Gasteiger partial charge in [0.2, 0.25) is 17.6 Å². The number of pyridine rings is 1. The van der Waals surface area contributed by atoms with Gasteiger partial charge in [0.15, 0.2) is 0 Å². The normalized spacial score (nSPS) is 10.6. The summed E-state index contributed by atoms with van der Waals surface area (Å²) < 4.78 is 10.8. The van der Waals surface area contributed by atoms with Gasteiger partial charge < -0.3 is 14.6 Å². The van der Waals surface area contributed by atoms with Crippen LogP contribution in [-0.4, -0.2) is 27.6 Å². The van der Waals surface area contributed by atoms with Gasteiger partial charge >= 0.3 is 0 Å². The predicted molar refractivity (Wildman–Crippen MR) is 101 cm³/mol. The molecule has 2 aromatic heterocycles. The fourth-order valence-electron chi connectivity index (χ4n) is 2.49. The Morgan fingerprint density at radius 3 is 2.93 bits per heavy atom. The van der Waals surface area contributed by atoms with Crippen LogP contribution in [0.1, 0.15) is 31.2 Å². The number of amides is 1. The van der Waals surface area contributed by atoms with Gasteiger partial charge in [-0.25, -0.2) is 0 Å². The van der Waals surface area contributed by atoms with E-state index in [0.717, 1.165) is 29.0 Å². The number of rotatable bonds is 8. The van der Waals surface area contributed by atoms with Gasteiger partial charge in [-0.2, -0.15) is 4.98 Å². The number of aromatic nitrogens is 3. The number of ether oxygens (including phenoxy) is 1. The highest BCUT2D eigenvalue weighted by Crippen LogP contribution is 2.22. The maximum absolute atomic E-state index is 12.2. The van der Waals surface area contributed by atoms with Gasteiger partial charge in [-0.1, -0.05) is 12.1 Å². The molecule has 0 saturated carbocycles. The van der Waals surface area contributed by atoms with E-state index in [0.29, 0.717) is 24.7 Å². The second-order valence-electron chi connectivity index (χ2n) is 6.13. The lowest BCUT2D eigenvalue weighted by atomic mass is 10.2. The lowest BCUT2D eigenvalue weighted by molar-refractivity contribution is -0.116. The van der Waals surface area contributed by atoms with E-state index in [2.05, 4.69) is 27.4 Å². The van der Waals surface area contributed by atoms with Crippen molar-refractivity contribution in [1.82, 2.24) is 15.1 Å². The van der Waals surface area contributed by atoms with Crippen molar-refractivity contribution < 1.29 is 14.1 Å². The molecule has 0 radical (unpaired) electrons. The van der Waals surface area contributed by atoms with E-state index in [-0.39, 0.29) is 12.3 Å². The topological polar surface area (TPSA) is 90.1 Å². The molecule has 0 bridgehead atoms. The number of nitrogens with zero attached hydrogens (tertiary/aromatic N) is 3. The first-order valence-corrected chi connectivity index (χ1v) is 8.92. The van der Waals surface area contributed by atoms with Crippen LogP contribution in [0.5, 0.6) is 5.75 Å². The molecule has 0 saturated heterocycles. The van der Waals surface area contributed by atoms with Gasteiger partial charge in [0.25, 0.3) is 0 Å². The molecule has 0 aliphatic heterocycles. The predicted octanol–water partition coefficient (Wildman–Crippen LogP) is 3.80. The fraction of sp³-hybridized carbons (Fsp3) is 0.300. The van der Waals surface area contributed by atoms with E-state index in [1.165, 1.54) is 0 Å². The summed E-state index contributed by atoms with van der Waals surface area (Å²) >= 11 is 0. The van der Waals surface area contributed by atoms with Crippen molar-refractivity contribution in [3.63, 3.8) is 0 Å². The molecule has 7 nitrogen and oxygen atoms in total. The van der Waals surface area contributed by atoms with Crippen LogP contribution in [0.25, 0.3) is 11.4 Å². The molecule has 3 rings (SSSR count). The Labute approximate surface area is 157 Å². The maximum Gasteiger partial charge on any atom is 0.227 e. The van der Waals surface area contributed by atoms with Crippen molar-refractivity contribution in [2.24, 2.45) is 0 Å². The van der Waals surface area contributed by atoms with Crippen LogP contribution in [-0.2, 0) is 11.2 Å². The highest BCUT2D eigenvalue weighted by atomic mass is 16.5. The van der Waals surface area contributed by atoms with E-state index < -0.39 is 0 Å². The third-order valence-corrected chi connectivity index (χ3v) is 3.90. The Bertz CT molecular complexity index is 893. The fourth-order valence-corrected chi connectivity index (χ4v) is 2.49. The van der Waals surface area contributed by atoms with Crippen molar-refractivity contribution in [2.75, 3.05) is 11.9 Å². The number of hydrogen-bond acceptors (Lipinski definition) is 6. The van der Waals surface area contributed by atoms with E-state index in [1.54, 1.807) is 18.5 Å². The molecule has 0 spiro atoms. The number of carbonyl (C=O) groups excluding carboxylic acids is 1. The van der Waals surface area contributed by atoms with Crippen molar-refractivity contribution in [3.8, 4) is 17.1 Å². The van der Waals surface area contributed by atoms with Crippen LogP contribution in [0.4, 0.5) is 5.69 Å². The zero-order chi connectivity index (χ0) is 19.1. The van der Waals surface area contributed by atoms with Crippen molar-refractivity contribution in [2.45, 2.75) is 33.1 Å². The molecule has 0 aliphatic rings. The molecular formula is C20H22N4O3. The zero-order valence-corrected chi connectivity index (χ0v) is 15.4. The second-order valence-corrected chi connectivity index (χ2v) is 6.13. The standard InChI is InChI=1S/C20H22N4O3/c1-3-11-26-16-6-7-17(14(2)12-16)22-18(25)8-9-19-23-20(24-27-19)15-5-4-10-21-13-15/h4-7,10,12-13H,3,8-9,11H2,1-2H3,(H,22,25). The molecule has 7 heteroatoms. The van der Waals surface area contributed by atoms with Crippen LogP contribution in [0, 0.1) is 6.92 Å². The molecule has 3 aromatic rings. The highest BCUT2D eigenvalue weighted by Gasteiger charge is 2.12. The minimum Gasteiger partial charge on any atom is -0.494 e. The third-order valence-electron chi connectivity index (χ3n) is 3.90. The lowest BCUT2D eigenvalue weighted by Crippen LogP contribution is -2.13. The Hall–Kier alpha value is -3.22. The minimum absolute atomic E-state index is 0.110. The van der Waals surface area contributed by atoms with Crippen molar-refractivity contribution in [3.05, 3.63) is 54.2 Å². The number of anilines is 1. The van der Waals surface area contributed by atoms with Crippen LogP contribution in [0.3, 0.4) is 0 Å². The molecular weight excluding hydrogens is 344 g/mol. The van der Waals surface area contributed by atoms with Gasteiger partial charge in [0.1, 0.15) is 5.75 Å². The van der Waals surface area contributed by atoms with Crippen LogP contribution in [0.15, 0.2) is 47.2 Å². The van der Waals surface area contributed by atoms with Crippen LogP contribution >= 0.6 is 0 Å². The molecule has 1 amide bonds. The van der Waals surface area contributed by atoms with E-state index >= 15 is 0 Å². The number of aryl methyl sites for hydroxylation is 2. The van der Waals surface area contributed by atoms with E-state index in [4.69, 9.17) is 9.26 Å². The number of carbonyl (C=O) groups is 1. The molecule has 0 atom stereocenters. The van der Waals surface area contributed by atoms with Crippen molar-refractivity contribution in [1.29, 1.82) is 0 Å². The molecule has 0 fully saturated rings. The summed E-state index contributed by atoms with van der Waals surface area (Å²) in [5.74, 6) is 1.59. The Kier molecular flexibility index (Phi) is 6.14. The quantitative estimate of drug-likeness (QED) is 0.652. The molecule has 27 heavy (non-hydrogen) atoms. The Morgan fingerprint density at radius 2 is 2.19 bits per heavy atom. The SMILES string of the molecule is CCCOc1ccc(NC(=O)CCc2nc(-c3cccnc3)no2)c(C)c1. The first kappa shape index (κ1) is 18.6. The molecule has 0 aliphatic carbocycles. The van der Waals surface area contributed by atoms with Gasteiger partial charge in [-0.15, -0.1) is 0 Å². The average Bonchev–Trinajstić information content (AvgIpc) is 3.16. The molecule has 2 heterocycles. The largest absolute Gasteiger partial charge is 0.494 e. The first-order valence-electron chi connectivity index (χ1n) is 8.92. The van der Waals surface area contributed by atoms with Crippen molar-refractivity contribution >= 4 is 11.6 Å². The maximum atomic E-state index is 12.2. The third kappa shape index (κ3) is 5.13. The first-order chi connectivity index (χ1) is 13.2. The number of nitrogens with one attached hydrogen (secondary N) is 1. The molecule has 140 valence electrons. The number of benzene rings is 1. The smallest absolute Gasteiger partial charge is 0.227 e. The highest BCUT2D eigenvalue weighted by molar-refractivity contribution is 5.91. The lowest BCUT2D eigenvalue weighted by Gasteiger charge is -2.10. The average molecular weight is 366 g/mol. The summed E-state index contributed by atoms with van der Waals surface area (Å²) in [6.07, 6.45) is 4.92. The Balaban J connectivity index is 1.53. The van der Waals surface area contributed by atoms with Gasteiger partial charge in [0.05, 0.1) is 6.61 Å². The molecule has 0 unspecified atom stereocenters. The summed E-state index contributed by atoms with van der Waals surface area (Å²) in [6.45, 7) is 4.67. The van der Waals surface area contributed by atoms with Gasteiger partial charge in [0, 0.05) is 36.5 Å². The summed E-state index contributed by atoms with van der Waals surface area (Å²) in [6, 6.07) is 9.29. The minimum atomic E-state index is -0.110. The van der Waals surface area contributed by atoms with Gasteiger partial charge in [-0.3, -0.25) is 9.78 Å². The summed E-state index contributed by atoms with van der Waals surface area (Å²) in [4.78, 5) is 20.6. The Morgan fingerprint density at radius 1 is 1.30 bits per heavy atom. The van der Waals surface area contributed by atoms with Crippen LogP contribution < -0.4 is 10.1 Å². The summed E-state index contributed by atoms with van der Waals surface area (Å²) in [5.41, 5.74) is 2.50. The molecule has 1 aromatic carbocycles. The van der Waals surface area contributed by atoms with Gasteiger partial charge in [-0.05, 0) is 49.2 Å². The second kappa shape index (κ2) is 8.93. The molecule has 1 N–H and O–H groups in total. The van der Waals surface area contributed by atoms with E-state index in [9.17, 15) is 4.79 Å².